The van der Waals surface area contributed by atoms with Gasteiger partial charge in [-0.2, -0.15) is 5.10 Å². The van der Waals surface area contributed by atoms with Crippen LogP contribution in [0.1, 0.15) is 66.4 Å². The molecule has 0 unspecified atom stereocenters. The van der Waals surface area contributed by atoms with Gasteiger partial charge >= 0.3 is 0 Å². The molecular formula is C29H34FN5O2. The zero-order chi connectivity index (χ0) is 26.5. The second kappa shape index (κ2) is 9.10. The number of anilines is 1. The monoisotopic (exact) mass is 503 g/mol. The highest BCUT2D eigenvalue weighted by molar-refractivity contribution is 6.05. The van der Waals surface area contributed by atoms with E-state index in [1.165, 1.54) is 0 Å². The number of carbonyl (C=O) groups excluding carboxylic acids is 1. The number of ether oxygens (including phenoxy) is 1. The standard InChI is InChI=1S/C29H34FN5O2/c1-18-13-19(2)25(32-27(36)23-17-35(28(4,5)6)33-20(23)3)15-22(18)21-14-24(26-31-9-10-34(26)16-21)29(30)7-11-37-12-8-29/h9-10,13-17H,7-8,11-12H2,1-6H3,(H,32,36). The average molecular weight is 504 g/mol. The lowest BCUT2D eigenvalue weighted by Gasteiger charge is -2.30. The van der Waals surface area contributed by atoms with E-state index in [4.69, 9.17) is 4.74 Å². The van der Waals surface area contributed by atoms with Crippen LogP contribution in [-0.2, 0) is 15.9 Å². The Bertz CT molecular complexity index is 1490. The van der Waals surface area contributed by atoms with Gasteiger partial charge in [0.15, 0.2) is 0 Å². The molecule has 1 saturated heterocycles. The van der Waals surface area contributed by atoms with Gasteiger partial charge in [-0.3, -0.25) is 9.48 Å². The Morgan fingerprint density at radius 3 is 2.49 bits per heavy atom. The molecule has 5 rings (SSSR count). The van der Waals surface area contributed by atoms with Gasteiger partial charge in [-0.25, -0.2) is 9.37 Å². The van der Waals surface area contributed by atoms with Gasteiger partial charge in [0.2, 0.25) is 0 Å². The molecule has 4 aromatic rings. The summed E-state index contributed by atoms with van der Waals surface area (Å²) in [4.78, 5) is 17.7. The van der Waals surface area contributed by atoms with Crippen molar-refractivity contribution in [1.29, 1.82) is 0 Å². The minimum atomic E-state index is -1.50. The molecule has 4 heterocycles. The molecular weight excluding hydrogens is 469 g/mol. The molecule has 7 nitrogen and oxygen atoms in total. The Morgan fingerprint density at radius 1 is 1.08 bits per heavy atom. The summed E-state index contributed by atoms with van der Waals surface area (Å²) in [7, 11) is 0. The number of nitrogens with zero attached hydrogens (tertiary/aromatic N) is 4. The number of aryl methyl sites for hydroxylation is 3. The summed E-state index contributed by atoms with van der Waals surface area (Å²) >= 11 is 0. The van der Waals surface area contributed by atoms with E-state index < -0.39 is 5.67 Å². The lowest BCUT2D eigenvalue weighted by atomic mass is 9.87. The van der Waals surface area contributed by atoms with E-state index in [-0.39, 0.29) is 11.4 Å². The maximum Gasteiger partial charge on any atom is 0.259 e. The van der Waals surface area contributed by atoms with Crippen molar-refractivity contribution < 1.29 is 13.9 Å². The van der Waals surface area contributed by atoms with Crippen LogP contribution in [0, 0.1) is 20.8 Å². The predicted octanol–water partition coefficient (Wildman–Crippen LogP) is 6.11. The van der Waals surface area contributed by atoms with Crippen molar-refractivity contribution in [1.82, 2.24) is 19.2 Å². The minimum Gasteiger partial charge on any atom is -0.381 e. The average Bonchev–Trinajstić information content (AvgIpc) is 3.47. The van der Waals surface area contributed by atoms with Crippen molar-refractivity contribution in [2.24, 2.45) is 0 Å². The molecule has 37 heavy (non-hydrogen) atoms. The summed E-state index contributed by atoms with van der Waals surface area (Å²) in [5.74, 6) is -0.207. The first-order chi connectivity index (χ1) is 17.5. The summed E-state index contributed by atoms with van der Waals surface area (Å²) in [5.41, 5.74) is 5.19. The molecule has 0 saturated carbocycles. The largest absolute Gasteiger partial charge is 0.381 e. The zero-order valence-corrected chi connectivity index (χ0v) is 22.4. The van der Waals surface area contributed by atoms with Crippen LogP contribution in [0.15, 0.2) is 43.0 Å². The van der Waals surface area contributed by atoms with E-state index in [2.05, 4.69) is 15.4 Å². The molecule has 1 aromatic carbocycles. The second-order valence-corrected chi connectivity index (χ2v) is 11.1. The third-order valence-corrected chi connectivity index (χ3v) is 7.22. The fraction of sp³-hybridized carbons (Fsp3) is 0.414. The van der Waals surface area contributed by atoms with Crippen molar-refractivity contribution in [3.63, 3.8) is 0 Å². The highest BCUT2D eigenvalue weighted by Gasteiger charge is 2.37. The van der Waals surface area contributed by atoms with Crippen LogP contribution >= 0.6 is 0 Å². The Kier molecular flexibility index (Phi) is 6.18. The number of rotatable bonds is 4. The number of halogens is 1. The molecule has 0 radical (unpaired) electrons. The van der Waals surface area contributed by atoms with Gasteiger partial charge in [0.1, 0.15) is 11.3 Å². The minimum absolute atomic E-state index is 0.207. The molecule has 3 aromatic heterocycles. The van der Waals surface area contributed by atoms with E-state index in [0.717, 1.165) is 22.3 Å². The number of amides is 1. The van der Waals surface area contributed by atoms with Crippen molar-refractivity contribution in [2.75, 3.05) is 18.5 Å². The highest BCUT2D eigenvalue weighted by Crippen LogP contribution is 2.40. The number of aromatic nitrogens is 4. The molecule has 194 valence electrons. The smallest absolute Gasteiger partial charge is 0.259 e. The fourth-order valence-corrected chi connectivity index (χ4v) is 4.99. The quantitative estimate of drug-likeness (QED) is 0.365. The van der Waals surface area contributed by atoms with E-state index >= 15 is 4.39 Å². The Hall–Kier alpha value is -3.52. The van der Waals surface area contributed by atoms with Crippen LogP contribution in [-0.4, -0.2) is 38.3 Å². The summed E-state index contributed by atoms with van der Waals surface area (Å²) in [6, 6.07) is 5.94. The molecule has 1 fully saturated rings. The van der Waals surface area contributed by atoms with E-state index in [1.807, 2.05) is 81.2 Å². The van der Waals surface area contributed by atoms with Crippen molar-refractivity contribution in [2.45, 2.75) is 65.6 Å². The van der Waals surface area contributed by atoms with Crippen LogP contribution in [0.2, 0.25) is 0 Å². The molecule has 1 aliphatic heterocycles. The van der Waals surface area contributed by atoms with Gasteiger partial charge in [0.25, 0.3) is 5.91 Å². The Morgan fingerprint density at radius 2 is 1.81 bits per heavy atom. The van der Waals surface area contributed by atoms with Crippen LogP contribution in [0.3, 0.4) is 0 Å². The summed E-state index contributed by atoms with van der Waals surface area (Å²) in [6.45, 7) is 12.8. The topological polar surface area (TPSA) is 73.5 Å². The number of hydrogen-bond donors (Lipinski definition) is 1. The SMILES string of the molecule is Cc1cc(C)c(-c2cc(C3(F)CCOCC3)c3nccn3c2)cc1NC(=O)c1cn(C(C)(C)C)nc1C. The molecule has 1 N–H and O–H groups in total. The van der Waals surface area contributed by atoms with Crippen LogP contribution in [0.4, 0.5) is 10.1 Å². The van der Waals surface area contributed by atoms with Crippen molar-refractivity contribution >= 4 is 17.2 Å². The number of hydrogen-bond acceptors (Lipinski definition) is 4. The summed E-state index contributed by atoms with van der Waals surface area (Å²) < 4.78 is 25.3. The van der Waals surface area contributed by atoms with E-state index in [0.29, 0.717) is 54.2 Å². The second-order valence-electron chi connectivity index (χ2n) is 11.1. The van der Waals surface area contributed by atoms with Gasteiger partial charge < -0.3 is 14.5 Å². The summed E-state index contributed by atoms with van der Waals surface area (Å²) in [5, 5.41) is 7.62. The van der Waals surface area contributed by atoms with Crippen molar-refractivity contribution in [3.05, 3.63) is 70.9 Å². The number of pyridine rings is 1. The van der Waals surface area contributed by atoms with Crippen LogP contribution in [0.5, 0.6) is 0 Å². The maximum atomic E-state index is 16.1. The fourth-order valence-electron chi connectivity index (χ4n) is 4.99. The van der Waals surface area contributed by atoms with Gasteiger partial charge in [-0.05, 0) is 75.9 Å². The number of nitrogens with one attached hydrogen (secondary N) is 1. The number of carbonyl (C=O) groups is 1. The van der Waals surface area contributed by atoms with E-state index in [1.54, 1.807) is 12.4 Å². The first-order valence-corrected chi connectivity index (χ1v) is 12.7. The number of imidazole rings is 1. The molecule has 0 spiro atoms. The van der Waals surface area contributed by atoms with Crippen LogP contribution in [0.25, 0.3) is 16.8 Å². The van der Waals surface area contributed by atoms with Crippen LogP contribution < -0.4 is 5.32 Å². The normalized spacial score (nSPS) is 15.8. The lowest BCUT2D eigenvalue weighted by molar-refractivity contribution is -0.0109. The predicted molar refractivity (Wildman–Crippen MR) is 143 cm³/mol. The third-order valence-electron chi connectivity index (χ3n) is 7.22. The molecule has 0 aliphatic carbocycles. The first kappa shape index (κ1) is 25.1. The Labute approximate surface area is 216 Å². The molecule has 8 heteroatoms. The number of benzene rings is 1. The van der Waals surface area contributed by atoms with Gasteiger partial charge in [0, 0.05) is 62.1 Å². The maximum absolute atomic E-state index is 16.1. The van der Waals surface area contributed by atoms with Crippen molar-refractivity contribution in [3.8, 4) is 11.1 Å². The van der Waals surface area contributed by atoms with Gasteiger partial charge in [-0.1, -0.05) is 6.07 Å². The third kappa shape index (κ3) is 4.66. The summed E-state index contributed by atoms with van der Waals surface area (Å²) in [6.07, 6.45) is 7.90. The zero-order valence-electron chi connectivity index (χ0n) is 22.4. The Balaban J connectivity index is 1.54. The molecule has 1 aliphatic rings. The van der Waals surface area contributed by atoms with E-state index in [9.17, 15) is 4.79 Å². The van der Waals surface area contributed by atoms with Gasteiger partial charge in [0.05, 0.1) is 16.8 Å². The highest BCUT2D eigenvalue weighted by atomic mass is 19.1. The molecule has 0 atom stereocenters. The molecule has 1 amide bonds. The number of fused-ring (bicyclic) bond motifs is 1. The molecule has 0 bridgehead atoms. The van der Waals surface area contributed by atoms with Gasteiger partial charge in [-0.15, -0.1) is 0 Å². The lowest BCUT2D eigenvalue weighted by Crippen LogP contribution is -2.30. The first-order valence-electron chi connectivity index (χ1n) is 12.7. The number of alkyl halides is 1.